The second-order valence-corrected chi connectivity index (χ2v) is 7.90. The maximum atomic E-state index is 12.2. The predicted molar refractivity (Wildman–Crippen MR) is 89.3 cm³/mol. The average Bonchev–Trinajstić information content (AvgIpc) is 3.21. The summed E-state index contributed by atoms with van der Waals surface area (Å²) >= 11 is 1.77. The van der Waals surface area contributed by atoms with Gasteiger partial charge in [0.05, 0.1) is 12.6 Å². The van der Waals surface area contributed by atoms with Gasteiger partial charge < -0.3 is 14.4 Å². The van der Waals surface area contributed by atoms with E-state index in [4.69, 9.17) is 9.47 Å². The van der Waals surface area contributed by atoms with Crippen molar-refractivity contribution in [2.24, 2.45) is 11.8 Å². The highest BCUT2D eigenvalue weighted by Crippen LogP contribution is 2.53. The van der Waals surface area contributed by atoms with E-state index in [0.29, 0.717) is 18.1 Å². The Kier molecular flexibility index (Phi) is 3.77. The molecule has 0 N–H and O–H groups in total. The van der Waals surface area contributed by atoms with E-state index in [-0.39, 0.29) is 29.9 Å². The first-order chi connectivity index (χ1) is 11.5. The topological polar surface area (TPSA) is 55.8 Å². The molecule has 1 saturated heterocycles. The van der Waals surface area contributed by atoms with E-state index in [0.717, 1.165) is 6.42 Å². The number of ether oxygens (including phenoxy) is 2. The van der Waals surface area contributed by atoms with Gasteiger partial charge >= 0.3 is 5.97 Å². The summed E-state index contributed by atoms with van der Waals surface area (Å²) in [5.41, 5.74) is 1.89. The van der Waals surface area contributed by atoms with Crippen molar-refractivity contribution in [3.05, 3.63) is 33.5 Å². The third-order valence-electron chi connectivity index (χ3n) is 5.58. The molecule has 3 heterocycles. The molecule has 1 amide bonds. The van der Waals surface area contributed by atoms with Gasteiger partial charge in [-0.2, -0.15) is 0 Å². The van der Waals surface area contributed by atoms with Crippen LogP contribution in [0.2, 0.25) is 0 Å². The number of nitrogens with zero attached hydrogens (tertiary/aromatic N) is 1. The second kappa shape index (κ2) is 5.70. The molecule has 0 bridgehead atoms. The fourth-order valence-electron chi connectivity index (χ4n) is 4.43. The number of carbonyl (C=O) groups excluding carboxylic acids is 2. The number of hydrogen-bond acceptors (Lipinski definition) is 5. The van der Waals surface area contributed by atoms with Crippen molar-refractivity contribution >= 4 is 23.2 Å². The van der Waals surface area contributed by atoms with Crippen LogP contribution in [0.15, 0.2) is 23.1 Å². The summed E-state index contributed by atoms with van der Waals surface area (Å²) in [6.45, 7) is 5.96. The van der Waals surface area contributed by atoms with Crippen LogP contribution in [0.25, 0.3) is 0 Å². The van der Waals surface area contributed by atoms with Gasteiger partial charge in [0.25, 0.3) is 0 Å². The highest BCUT2D eigenvalue weighted by Gasteiger charge is 2.52. The molecule has 1 aromatic heterocycles. The van der Waals surface area contributed by atoms with Gasteiger partial charge in [-0.05, 0) is 49.3 Å². The normalized spacial score (nSPS) is 34.1. The van der Waals surface area contributed by atoms with Gasteiger partial charge in [-0.3, -0.25) is 4.79 Å². The minimum atomic E-state index is -0.593. The Morgan fingerprint density at radius 2 is 2.29 bits per heavy atom. The van der Waals surface area contributed by atoms with Crippen LogP contribution in [0.4, 0.5) is 0 Å². The lowest BCUT2D eigenvalue weighted by Crippen LogP contribution is -2.37. The van der Waals surface area contributed by atoms with Crippen LogP contribution in [0.1, 0.15) is 37.3 Å². The third kappa shape index (κ3) is 2.31. The molecule has 6 heteroatoms. The fourth-order valence-corrected chi connectivity index (χ4v) is 5.43. The molecule has 128 valence electrons. The SMILES string of the molecule is CC(=O)N1C(C)C(COC2C=C(C)C(=O)O2)C2Cc3sccc3C21. The number of rotatable bonds is 3. The molecule has 1 aromatic rings. The first-order valence-electron chi connectivity index (χ1n) is 8.33. The Balaban J connectivity index is 1.53. The zero-order valence-electron chi connectivity index (χ0n) is 14.0. The standard InChI is InChI=1S/C18H21NO4S/c1-9-6-16(23-18(9)21)22-8-14-10(2)19(11(3)20)17-12-4-5-24-15(12)7-13(14)17/h4-6,10,13-14,16-17H,7-8H2,1-3H3. The van der Waals surface area contributed by atoms with Crippen molar-refractivity contribution in [1.82, 2.24) is 4.90 Å². The van der Waals surface area contributed by atoms with Crippen molar-refractivity contribution in [1.29, 1.82) is 0 Å². The number of esters is 1. The molecule has 0 spiro atoms. The molecule has 0 aromatic carbocycles. The summed E-state index contributed by atoms with van der Waals surface area (Å²) in [7, 11) is 0. The molecule has 0 radical (unpaired) electrons. The first kappa shape index (κ1) is 15.8. The molecule has 3 aliphatic rings. The Hall–Kier alpha value is -1.66. The van der Waals surface area contributed by atoms with E-state index < -0.39 is 6.29 Å². The molecule has 5 atom stereocenters. The first-order valence-corrected chi connectivity index (χ1v) is 9.21. The number of carbonyl (C=O) groups is 2. The number of hydrogen-bond donors (Lipinski definition) is 0. The predicted octanol–water partition coefficient (Wildman–Crippen LogP) is 2.67. The number of thiophene rings is 1. The van der Waals surface area contributed by atoms with Gasteiger partial charge in [0.15, 0.2) is 0 Å². The summed E-state index contributed by atoms with van der Waals surface area (Å²) in [6.07, 6.45) is 2.12. The minimum Gasteiger partial charge on any atom is -0.429 e. The van der Waals surface area contributed by atoms with Crippen molar-refractivity contribution < 1.29 is 19.1 Å². The molecular formula is C18H21NO4S. The lowest BCUT2D eigenvalue weighted by Gasteiger charge is -2.28. The van der Waals surface area contributed by atoms with Crippen LogP contribution in [-0.2, 0) is 25.5 Å². The number of cyclic esters (lactones) is 1. The van der Waals surface area contributed by atoms with Crippen LogP contribution in [0.3, 0.4) is 0 Å². The van der Waals surface area contributed by atoms with Crippen LogP contribution in [0.5, 0.6) is 0 Å². The molecule has 24 heavy (non-hydrogen) atoms. The molecule has 5 unspecified atom stereocenters. The lowest BCUT2D eigenvalue weighted by atomic mass is 9.88. The molecule has 0 saturated carbocycles. The zero-order valence-corrected chi connectivity index (χ0v) is 14.8. The number of fused-ring (bicyclic) bond motifs is 3. The van der Waals surface area contributed by atoms with Gasteiger partial charge in [0.1, 0.15) is 0 Å². The highest BCUT2D eigenvalue weighted by molar-refractivity contribution is 7.10. The number of likely N-dealkylation sites (tertiary alicyclic amines) is 1. The van der Waals surface area contributed by atoms with E-state index >= 15 is 0 Å². The van der Waals surface area contributed by atoms with E-state index in [2.05, 4.69) is 18.4 Å². The fraction of sp³-hybridized carbons (Fsp3) is 0.556. The molecular weight excluding hydrogens is 326 g/mol. The Labute approximate surface area is 145 Å². The maximum absolute atomic E-state index is 12.2. The average molecular weight is 347 g/mol. The summed E-state index contributed by atoms with van der Waals surface area (Å²) < 4.78 is 11.0. The van der Waals surface area contributed by atoms with E-state index in [1.54, 1.807) is 31.3 Å². The monoisotopic (exact) mass is 347 g/mol. The van der Waals surface area contributed by atoms with Gasteiger partial charge in [-0.15, -0.1) is 11.3 Å². The summed E-state index contributed by atoms with van der Waals surface area (Å²) in [6, 6.07) is 2.44. The van der Waals surface area contributed by atoms with Gasteiger partial charge in [0.2, 0.25) is 12.2 Å². The van der Waals surface area contributed by atoms with E-state index in [1.807, 2.05) is 4.90 Å². The molecule has 4 rings (SSSR count). The van der Waals surface area contributed by atoms with Crippen LogP contribution < -0.4 is 0 Å². The molecule has 2 aliphatic heterocycles. The lowest BCUT2D eigenvalue weighted by molar-refractivity contribution is -0.161. The van der Waals surface area contributed by atoms with E-state index in [9.17, 15) is 9.59 Å². The quantitative estimate of drug-likeness (QED) is 0.789. The maximum Gasteiger partial charge on any atom is 0.336 e. The summed E-state index contributed by atoms with van der Waals surface area (Å²) in [4.78, 5) is 27.1. The van der Waals surface area contributed by atoms with Crippen molar-refractivity contribution in [3.63, 3.8) is 0 Å². The van der Waals surface area contributed by atoms with Crippen LogP contribution in [-0.4, -0.2) is 35.7 Å². The van der Waals surface area contributed by atoms with Crippen molar-refractivity contribution in [2.45, 2.75) is 45.6 Å². The van der Waals surface area contributed by atoms with Crippen LogP contribution in [0, 0.1) is 11.8 Å². The Morgan fingerprint density at radius 3 is 2.96 bits per heavy atom. The molecule has 5 nitrogen and oxygen atoms in total. The van der Waals surface area contributed by atoms with Crippen LogP contribution >= 0.6 is 11.3 Å². The zero-order chi connectivity index (χ0) is 17.0. The van der Waals surface area contributed by atoms with Crippen molar-refractivity contribution in [2.75, 3.05) is 6.61 Å². The highest BCUT2D eigenvalue weighted by atomic mass is 32.1. The minimum absolute atomic E-state index is 0.113. The Morgan fingerprint density at radius 1 is 1.50 bits per heavy atom. The summed E-state index contributed by atoms with van der Waals surface area (Å²) in [5.74, 6) is 0.424. The van der Waals surface area contributed by atoms with E-state index in [1.165, 1.54) is 10.4 Å². The molecule has 1 aliphatic carbocycles. The smallest absolute Gasteiger partial charge is 0.336 e. The van der Waals surface area contributed by atoms with Gasteiger partial charge in [-0.1, -0.05) is 0 Å². The Bertz CT molecular complexity index is 724. The number of amides is 1. The van der Waals surface area contributed by atoms with Crippen molar-refractivity contribution in [3.8, 4) is 0 Å². The second-order valence-electron chi connectivity index (χ2n) is 6.90. The van der Waals surface area contributed by atoms with Gasteiger partial charge in [-0.25, -0.2) is 4.79 Å². The summed E-state index contributed by atoms with van der Waals surface area (Å²) in [5, 5.41) is 2.11. The molecule has 1 fully saturated rings. The third-order valence-corrected chi connectivity index (χ3v) is 6.54. The largest absolute Gasteiger partial charge is 0.429 e. The van der Waals surface area contributed by atoms with Gasteiger partial charge in [0, 0.05) is 29.3 Å².